The minimum Gasteiger partial charge on any atom is -0.492 e. The summed E-state index contributed by atoms with van der Waals surface area (Å²) in [5.74, 6) is 0.141. The van der Waals surface area contributed by atoms with Gasteiger partial charge in [-0.05, 0) is 25.0 Å². The van der Waals surface area contributed by atoms with Crippen molar-refractivity contribution in [1.82, 2.24) is 10.2 Å². The summed E-state index contributed by atoms with van der Waals surface area (Å²) < 4.78 is 18.3. The average Bonchev–Trinajstić information content (AvgIpc) is 2.43. The first-order valence-corrected chi connectivity index (χ1v) is 7.08. The van der Waals surface area contributed by atoms with E-state index in [9.17, 15) is 9.18 Å². The molecule has 0 aromatic heterocycles. The molecule has 4 nitrogen and oxygen atoms in total. The summed E-state index contributed by atoms with van der Waals surface area (Å²) in [5, 5.41) is 2.81. The SMILES string of the molecule is CCCN(CCC)C(=O)NCCOc1cccc(F)c1. The molecule has 0 aliphatic rings. The van der Waals surface area contributed by atoms with Gasteiger partial charge in [0.25, 0.3) is 0 Å². The van der Waals surface area contributed by atoms with Gasteiger partial charge >= 0.3 is 6.03 Å². The van der Waals surface area contributed by atoms with Gasteiger partial charge in [0.15, 0.2) is 0 Å². The molecule has 0 aliphatic carbocycles. The van der Waals surface area contributed by atoms with Crippen LogP contribution in [0.15, 0.2) is 24.3 Å². The van der Waals surface area contributed by atoms with Gasteiger partial charge in [-0.3, -0.25) is 0 Å². The number of nitrogens with zero attached hydrogens (tertiary/aromatic N) is 1. The normalized spacial score (nSPS) is 10.2. The van der Waals surface area contributed by atoms with E-state index in [4.69, 9.17) is 4.74 Å². The van der Waals surface area contributed by atoms with Crippen LogP contribution in [0.3, 0.4) is 0 Å². The average molecular weight is 282 g/mol. The molecule has 0 atom stereocenters. The third kappa shape index (κ3) is 5.91. The molecule has 1 rings (SSSR count). The Balaban J connectivity index is 2.27. The molecule has 0 unspecified atom stereocenters. The summed E-state index contributed by atoms with van der Waals surface area (Å²) in [7, 11) is 0. The number of urea groups is 1. The number of ether oxygens (including phenoxy) is 1. The molecule has 1 aromatic rings. The lowest BCUT2D eigenvalue weighted by Crippen LogP contribution is -2.42. The Morgan fingerprint density at radius 1 is 1.30 bits per heavy atom. The topological polar surface area (TPSA) is 41.6 Å². The highest BCUT2D eigenvalue weighted by Gasteiger charge is 2.10. The van der Waals surface area contributed by atoms with Crippen LogP contribution in [0.2, 0.25) is 0 Å². The molecular weight excluding hydrogens is 259 g/mol. The molecule has 0 aliphatic heterocycles. The molecule has 1 N–H and O–H groups in total. The number of rotatable bonds is 8. The van der Waals surface area contributed by atoms with E-state index in [2.05, 4.69) is 5.32 Å². The Bertz CT molecular complexity index is 407. The largest absolute Gasteiger partial charge is 0.492 e. The van der Waals surface area contributed by atoms with Crippen molar-refractivity contribution in [2.45, 2.75) is 26.7 Å². The number of hydrogen-bond acceptors (Lipinski definition) is 2. The summed E-state index contributed by atoms with van der Waals surface area (Å²) in [6, 6.07) is 5.89. The molecule has 112 valence electrons. The molecule has 0 heterocycles. The van der Waals surface area contributed by atoms with Crippen molar-refractivity contribution in [3.63, 3.8) is 0 Å². The molecule has 0 saturated heterocycles. The van der Waals surface area contributed by atoms with E-state index in [-0.39, 0.29) is 11.8 Å². The number of amides is 2. The smallest absolute Gasteiger partial charge is 0.317 e. The lowest BCUT2D eigenvalue weighted by Gasteiger charge is -2.21. The van der Waals surface area contributed by atoms with Crippen molar-refractivity contribution >= 4 is 6.03 Å². The van der Waals surface area contributed by atoms with Crippen LogP contribution in [0.25, 0.3) is 0 Å². The van der Waals surface area contributed by atoms with Crippen LogP contribution in [0, 0.1) is 5.82 Å². The maximum Gasteiger partial charge on any atom is 0.317 e. The highest BCUT2D eigenvalue weighted by molar-refractivity contribution is 5.74. The molecule has 0 bridgehead atoms. The molecular formula is C15H23FN2O2. The minimum absolute atomic E-state index is 0.0726. The van der Waals surface area contributed by atoms with Gasteiger partial charge in [-0.25, -0.2) is 9.18 Å². The fourth-order valence-corrected chi connectivity index (χ4v) is 1.85. The van der Waals surface area contributed by atoms with Crippen molar-refractivity contribution in [3.8, 4) is 5.75 Å². The second-order valence-corrected chi connectivity index (χ2v) is 4.52. The maximum atomic E-state index is 12.9. The van der Waals surface area contributed by atoms with Crippen LogP contribution >= 0.6 is 0 Å². The van der Waals surface area contributed by atoms with E-state index in [0.29, 0.717) is 18.9 Å². The number of halogens is 1. The second-order valence-electron chi connectivity index (χ2n) is 4.52. The van der Waals surface area contributed by atoms with Gasteiger partial charge in [-0.15, -0.1) is 0 Å². The van der Waals surface area contributed by atoms with Gasteiger partial charge in [-0.1, -0.05) is 19.9 Å². The van der Waals surface area contributed by atoms with Crippen LogP contribution in [-0.4, -0.2) is 37.2 Å². The zero-order chi connectivity index (χ0) is 14.8. The van der Waals surface area contributed by atoms with Crippen molar-refractivity contribution < 1.29 is 13.9 Å². The quantitative estimate of drug-likeness (QED) is 0.745. The van der Waals surface area contributed by atoms with Crippen molar-refractivity contribution in [3.05, 3.63) is 30.1 Å². The van der Waals surface area contributed by atoms with Gasteiger partial charge in [0.05, 0.1) is 6.54 Å². The molecule has 20 heavy (non-hydrogen) atoms. The predicted octanol–water partition coefficient (Wildman–Crippen LogP) is 3.04. The summed E-state index contributed by atoms with van der Waals surface area (Å²) in [5.41, 5.74) is 0. The Labute approximate surface area is 119 Å². The fraction of sp³-hybridized carbons (Fsp3) is 0.533. The highest BCUT2D eigenvalue weighted by atomic mass is 19.1. The van der Waals surface area contributed by atoms with Crippen LogP contribution < -0.4 is 10.1 Å². The van der Waals surface area contributed by atoms with Gasteiger partial charge in [-0.2, -0.15) is 0 Å². The van der Waals surface area contributed by atoms with Gasteiger partial charge in [0, 0.05) is 19.2 Å². The second kappa shape index (κ2) is 9.18. The van der Waals surface area contributed by atoms with Crippen LogP contribution in [0.5, 0.6) is 5.75 Å². The van der Waals surface area contributed by atoms with Crippen molar-refractivity contribution in [2.75, 3.05) is 26.2 Å². The minimum atomic E-state index is -0.330. The van der Waals surface area contributed by atoms with Gasteiger partial charge in [0.2, 0.25) is 0 Å². The number of carbonyl (C=O) groups is 1. The van der Waals surface area contributed by atoms with E-state index in [1.165, 1.54) is 12.1 Å². The predicted molar refractivity (Wildman–Crippen MR) is 77.4 cm³/mol. The maximum absolute atomic E-state index is 12.9. The Kier molecular flexibility index (Phi) is 7.47. The summed E-state index contributed by atoms with van der Waals surface area (Å²) in [4.78, 5) is 13.7. The fourth-order valence-electron chi connectivity index (χ4n) is 1.85. The van der Waals surface area contributed by atoms with Crippen LogP contribution in [-0.2, 0) is 0 Å². The monoisotopic (exact) mass is 282 g/mol. The zero-order valence-electron chi connectivity index (χ0n) is 12.2. The highest BCUT2D eigenvalue weighted by Crippen LogP contribution is 2.11. The number of hydrogen-bond donors (Lipinski definition) is 1. The van der Waals surface area contributed by atoms with Crippen molar-refractivity contribution in [2.24, 2.45) is 0 Å². The first-order chi connectivity index (χ1) is 9.67. The summed E-state index contributed by atoms with van der Waals surface area (Å²) in [6.45, 7) is 6.32. The molecule has 2 amide bonds. The Morgan fingerprint density at radius 2 is 2.00 bits per heavy atom. The van der Waals surface area contributed by atoms with Gasteiger partial charge in [0.1, 0.15) is 18.2 Å². The third-order valence-electron chi connectivity index (χ3n) is 2.72. The summed E-state index contributed by atoms with van der Waals surface area (Å²) in [6.07, 6.45) is 1.88. The van der Waals surface area contributed by atoms with E-state index < -0.39 is 0 Å². The van der Waals surface area contributed by atoms with E-state index in [0.717, 1.165) is 25.9 Å². The number of nitrogens with one attached hydrogen (secondary N) is 1. The third-order valence-corrected chi connectivity index (χ3v) is 2.72. The molecule has 5 heteroatoms. The molecule has 0 radical (unpaired) electrons. The van der Waals surface area contributed by atoms with E-state index in [1.54, 1.807) is 17.0 Å². The number of carbonyl (C=O) groups excluding carboxylic acids is 1. The van der Waals surface area contributed by atoms with E-state index >= 15 is 0 Å². The standard InChI is InChI=1S/C15H23FN2O2/c1-3-9-18(10-4-2)15(19)17-8-11-20-14-7-5-6-13(16)12-14/h5-7,12H,3-4,8-11H2,1-2H3,(H,17,19). The van der Waals surface area contributed by atoms with Crippen LogP contribution in [0.4, 0.5) is 9.18 Å². The van der Waals surface area contributed by atoms with E-state index in [1.807, 2.05) is 13.8 Å². The van der Waals surface area contributed by atoms with Gasteiger partial charge < -0.3 is 15.0 Å². The Hall–Kier alpha value is -1.78. The first-order valence-electron chi connectivity index (χ1n) is 7.08. The Morgan fingerprint density at radius 3 is 2.60 bits per heavy atom. The molecule has 0 saturated carbocycles. The molecule has 0 spiro atoms. The summed E-state index contributed by atoms with van der Waals surface area (Å²) >= 11 is 0. The lowest BCUT2D eigenvalue weighted by molar-refractivity contribution is 0.194. The van der Waals surface area contributed by atoms with Crippen LogP contribution in [0.1, 0.15) is 26.7 Å². The number of benzene rings is 1. The molecule has 1 aromatic carbocycles. The molecule has 0 fully saturated rings. The van der Waals surface area contributed by atoms with Crippen molar-refractivity contribution in [1.29, 1.82) is 0 Å². The zero-order valence-corrected chi connectivity index (χ0v) is 12.2. The first kappa shape index (κ1) is 16.3. The lowest BCUT2D eigenvalue weighted by atomic mass is 10.3.